The molecule has 2 nitrogen and oxygen atoms in total. The Labute approximate surface area is 92.3 Å². The Hall–Kier alpha value is -0.860. The predicted octanol–water partition coefficient (Wildman–Crippen LogP) is 2.18. The molecule has 2 N–H and O–H groups in total. The lowest BCUT2D eigenvalue weighted by molar-refractivity contribution is 0.223. The van der Waals surface area contributed by atoms with Crippen molar-refractivity contribution in [3.8, 4) is 0 Å². The van der Waals surface area contributed by atoms with Gasteiger partial charge in [-0.2, -0.15) is 0 Å². The van der Waals surface area contributed by atoms with Crippen molar-refractivity contribution in [2.45, 2.75) is 32.9 Å². The molecular weight excluding hydrogens is 186 g/mol. The zero-order valence-corrected chi connectivity index (χ0v) is 9.61. The van der Waals surface area contributed by atoms with Gasteiger partial charge in [0.2, 0.25) is 0 Å². The lowest BCUT2D eigenvalue weighted by Gasteiger charge is -2.18. The Balaban J connectivity index is 2.34. The zero-order chi connectivity index (χ0) is 11.1. The summed E-state index contributed by atoms with van der Waals surface area (Å²) in [6.07, 6.45) is 1.02. The van der Waals surface area contributed by atoms with Crippen molar-refractivity contribution in [2.24, 2.45) is 5.92 Å². The molecule has 0 unspecified atom stereocenters. The summed E-state index contributed by atoms with van der Waals surface area (Å²) >= 11 is 0. The van der Waals surface area contributed by atoms with Crippen LogP contribution >= 0.6 is 0 Å². The lowest BCUT2D eigenvalue weighted by atomic mass is 10.0. The van der Waals surface area contributed by atoms with E-state index in [1.54, 1.807) is 0 Å². The minimum Gasteiger partial charge on any atom is -0.395 e. The average Bonchev–Trinajstić information content (AvgIpc) is 2.25. The molecule has 2 heteroatoms. The molecule has 1 aromatic rings. The van der Waals surface area contributed by atoms with E-state index in [1.807, 2.05) is 18.2 Å². The summed E-state index contributed by atoms with van der Waals surface area (Å²) in [6.45, 7) is 5.39. The largest absolute Gasteiger partial charge is 0.395 e. The molecule has 0 amide bonds. The van der Waals surface area contributed by atoms with Crippen LogP contribution in [0.5, 0.6) is 0 Å². The summed E-state index contributed by atoms with van der Waals surface area (Å²) in [4.78, 5) is 0. The average molecular weight is 207 g/mol. The van der Waals surface area contributed by atoms with Crippen molar-refractivity contribution in [3.05, 3.63) is 35.9 Å². The number of rotatable bonds is 6. The standard InChI is InChI=1S/C13H21NO/c1-11(2)8-13(10-15)14-9-12-6-4-3-5-7-12/h3-7,11,13-15H,8-10H2,1-2H3/t13-/m1/s1. The normalized spacial score (nSPS) is 13.1. The summed E-state index contributed by atoms with van der Waals surface area (Å²) in [6, 6.07) is 10.5. The van der Waals surface area contributed by atoms with Gasteiger partial charge in [0, 0.05) is 12.6 Å². The van der Waals surface area contributed by atoms with Crippen LogP contribution in [0.25, 0.3) is 0 Å². The van der Waals surface area contributed by atoms with Gasteiger partial charge in [-0.15, -0.1) is 0 Å². The number of hydrogen-bond donors (Lipinski definition) is 2. The molecule has 1 atom stereocenters. The van der Waals surface area contributed by atoms with Crippen LogP contribution in [0, 0.1) is 5.92 Å². The summed E-state index contributed by atoms with van der Waals surface area (Å²) < 4.78 is 0. The minimum absolute atomic E-state index is 0.213. The lowest BCUT2D eigenvalue weighted by Crippen LogP contribution is -2.33. The van der Waals surface area contributed by atoms with Crippen LogP contribution in [0.4, 0.5) is 0 Å². The van der Waals surface area contributed by atoms with Gasteiger partial charge in [-0.3, -0.25) is 0 Å². The molecule has 84 valence electrons. The highest BCUT2D eigenvalue weighted by molar-refractivity contribution is 5.14. The van der Waals surface area contributed by atoms with E-state index in [9.17, 15) is 5.11 Å². The Morgan fingerprint density at radius 1 is 1.20 bits per heavy atom. The predicted molar refractivity (Wildman–Crippen MR) is 63.6 cm³/mol. The molecule has 0 aliphatic heterocycles. The van der Waals surface area contributed by atoms with E-state index in [2.05, 4.69) is 31.3 Å². The van der Waals surface area contributed by atoms with E-state index in [-0.39, 0.29) is 12.6 Å². The highest BCUT2D eigenvalue weighted by Gasteiger charge is 2.08. The highest BCUT2D eigenvalue weighted by Crippen LogP contribution is 2.05. The number of hydrogen-bond acceptors (Lipinski definition) is 2. The number of aliphatic hydroxyl groups is 1. The molecule has 0 bridgehead atoms. The SMILES string of the molecule is CC(C)C[C@H](CO)NCc1ccccc1. The fourth-order valence-electron chi connectivity index (χ4n) is 1.65. The second-order valence-electron chi connectivity index (χ2n) is 4.38. The molecule has 0 aliphatic rings. The van der Waals surface area contributed by atoms with Crippen molar-refractivity contribution in [3.63, 3.8) is 0 Å². The fourth-order valence-corrected chi connectivity index (χ4v) is 1.65. The van der Waals surface area contributed by atoms with Gasteiger partial charge >= 0.3 is 0 Å². The summed E-state index contributed by atoms with van der Waals surface area (Å²) in [7, 11) is 0. The van der Waals surface area contributed by atoms with Crippen LogP contribution in [0.3, 0.4) is 0 Å². The van der Waals surface area contributed by atoms with E-state index in [0.29, 0.717) is 5.92 Å². The van der Waals surface area contributed by atoms with E-state index in [4.69, 9.17) is 0 Å². The molecule has 0 heterocycles. The molecule has 1 rings (SSSR count). The smallest absolute Gasteiger partial charge is 0.0584 e. The van der Waals surface area contributed by atoms with Crippen LogP contribution in [0.15, 0.2) is 30.3 Å². The summed E-state index contributed by atoms with van der Waals surface area (Å²) in [5.41, 5.74) is 1.26. The molecule has 15 heavy (non-hydrogen) atoms. The van der Waals surface area contributed by atoms with Crippen LogP contribution in [-0.4, -0.2) is 17.8 Å². The molecule has 0 radical (unpaired) electrons. The topological polar surface area (TPSA) is 32.3 Å². The van der Waals surface area contributed by atoms with Crippen LogP contribution in [-0.2, 0) is 6.54 Å². The molecule has 0 aromatic heterocycles. The summed E-state index contributed by atoms with van der Waals surface area (Å²) in [5, 5.41) is 12.6. The van der Waals surface area contributed by atoms with Crippen molar-refractivity contribution < 1.29 is 5.11 Å². The number of nitrogens with one attached hydrogen (secondary N) is 1. The monoisotopic (exact) mass is 207 g/mol. The van der Waals surface area contributed by atoms with Crippen LogP contribution in [0.1, 0.15) is 25.8 Å². The fraction of sp³-hybridized carbons (Fsp3) is 0.538. The number of aliphatic hydroxyl groups excluding tert-OH is 1. The first-order chi connectivity index (χ1) is 7.22. The third kappa shape index (κ3) is 4.96. The van der Waals surface area contributed by atoms with Gasteiger partial charge in [0.05, 0.1) is 6.61 Å². The Morgan fingerprint density at radius 2 is 1.87 bits per heavy atom. The molecule has 0 saturated heterocycles. The van der Waals surface area contributed by atoms with Crippen LogP contribution < -0.4 is 5.32 Å². The van der Waals surface area contributed by atoms with Gasteiger partial charge in [-0.1, -0.05) is 44.2 Å². The minimum atomic E-state index is 0.213. The Morgan fingerprint density at radius 3 is 2.40 bits per heavy atom. The quantitative estimate of drug-likeness (QED) is 0.749. The third-order valence-corrected chi connectivity index (χ3v) is 2.41. The molecular formula is C13H21NO. The maximum atomic E-state index is 9.19. The number of benzene rings is 1. The third-order valence-electron chi connectivity index (χ3n) is 2.41. The summed E-state index contributed by atoms with van der Waals surface area (Å²) in [5.74, 6) is 0.616. The molecule has 0 spiro atoms. The van der Waals surface area contributed by atoms with Gasteiger partial charge < -0.3 is 10.4 Å². The van der Waals surface area contributed by atoms with E-state index in [0.717, 1.165) is 13.0 Å². The molecule has 0 fully saturated rings. The van der Waals surface area contributed by atoms with Gasteiger partial charge in [-0.05, 0) is 17.9 Å². The van der Waals surface area contributed by atoms with Crippen molar-refractivity contribution in [2.75, 3.05) is 6.61 Å². The molecule has 0 saturated carbocycles. The second kappa shape index (κ2) is 6.59. The maximum absolute atomic E-state index is 9.19. The van der Waals surface area contributed by atoms with Crippen LogP contribution in [0.2, 0.25) is 0 Å². The van der Waals surface area contributed by atoms with Gasteiger partial charge in [-0.25, -0.2) is 0 Å². The van der Waals surface area contributed by atoms with Crippen molar-refractivity contribution in [1.29, 1.82) is 0 Å². The zero-order valence-electron chi connectivity index (χ0n) is 9.61. The van der Waals surface area contributed by atoms with E-state index < -0.39 is 0 Å². The van der Waals surface area contributed by atoms with Gasteiger partial charge in [0.15, 0.2) is 0 Å². The van der Waals surface area contributed by atoms with Crippen molar-refractivity contribution >= 4 is 0 Å². The van der Waals surface area contributed by atoms with E-state index in [1.165, 1.54) is 5.56 Å². The molecule has 1 aromatic carbocycles. The highest BCUT2D eigenvalue weighted by atomic mass is 16.3. The Bertz CT molecular complexity index is 258. The first kappa shape index (κ1) is 12.2. The Kier molecular flexibility index (Phi) is 5.37. The van der Waals surface area contributed by atoms with E-state index >= 15 is 0 Å². The second-order valence-corrected chi connectivity index (χ2v) is 4.38. The molecule has 0 aliphatic carbocycles. The van der Waals surface area contributed by atoms with Gasteiger partial charge in [0.1, 0.15) is 0 Å². The first-order valence-corrected chi connectivity index (χ1v) is 5.60. The van der Waals surface area contributed by atoms with Crippen molar-refractivity contribution in [1.82, 2.24) is 5.32 Å². The van der Waals surface area contributed by atoms with Gasteiger partial charge in [0.25, 0.3) is 0 Å². The first-order valence-electron chi connectivity index (χ1n) is 5.60. The maximum Gasteiger partial charge on any atom is 0.0584 e.